The number of halogens is 3. The quantitative estimate of drug-likeness (QED) is 0.503. The maximum absolute atomic E-state index is 13.4. The summed E-state index contributed by atoms with van der Waals surface area (Å²) in [6.07, 6.45) is 3.29. The van der Waals surface area contributed by atoms with Crippen LogP contribution in [-0.4, -0.2) is 16.9 Å². The maximum Gasteiger partial charge on any atom is 0.257 e. The number of guanidine groups is 1. The zero-order chi connectivity index (χ0) is 19.9. The first-order chi connectivity index (χ1) is 13.5. The molecule has 142 valence electrons. The van der Waals surface area contributed by atoms with Gasteiger partial charge in [0.1, 0.15) is 11.6 Å². The lowest BCUT2D eigenvalue weighted by Crippen LogP contribution is -2.36. The van der Waals surface area contributed by atoms with Gasteiger partial charge in [-0.3, -0.25) is 15.1 Å². The number of amides is 1. The molecule has 2 N–H and O–H groups in total. The van der Waals surface area contributed by atoms with Crippen LogP contribution in [0.1, 0.15) is 15.9 Å². The van der Waals surface area contributed by atoms with E-state index < -0.39 is 17.5 Å². The molecule has 3 rings (SSSR count). The van der Waals surface area contributed by atoms with Crippen molar-refractivity contribution >= 4 is 29.2 Å². The smallest absolute Gasteiger partial charge is 0.257 e. The van der Waals surface area contributed by atoms with Crippen LogP contribution in [0.3, 0.4) is 0 Å². The van der Waals surface area contributed by atoms with Gasteiger partial charge in [0, 0.05) is 23.6 Å². The van der Waals surface area contributed by atoms with Gasteiger partial charge in [0.15, 0.2) is 0 Å². The van der Waals surface area contributed by atoms with Gasteiger partial charge < -0.3 is 5.32 Å². The van der Waals surface area contributed by atoms with Crippen LogP contribution in [0.15, 0.2) is 72.0 Å². The molecule has 8 heteroatoms. The van der Waals surface area contributed by atoms with Gasteiger partial charge in [-0.25, -0.2) is 13.8 Å². The molecule has 5 nitrogen and oxygen atoms in total. The number of rotatable bonds is 4. The van der Waals surface area contributed by atoms with E-state index in [2.05, 4.69) is 20.6 Å². The van der Waals surface area contributed by atoms with E-state index in [1.54, 1.807) is 18.5 Å². The summed E-state index contributed by atoms with van der Waals surface area (Å²) in [6.45, 7) is 0.245. The molecule has 0 radical (unpaired) electrons. The van der Waals surface area contributed by atoms with Crippen LogP contribution in [0.5, 0.6) is 0 Å². The van der Waals surface area contributed by atoms with Crippen molar-refractivity contribution in [2.45, 2.75) is 6.54 Å². The first-order valence-electron chi connectivity index (χ1n) is 8.23. The van der Waals surface area contributed by atoms with Gasteiger partial charge in [-0.1, -0.05) is 17.7 Å². The number of pyridine rings is 1. The van der Waals surface area contributed by atoms with E-state index in [-0.39, 0.29) is 23.1 Å². The average Bonchev–Trinajstić information content (AvgIpc) is 2.70. The fourth-order valence-corrected chi connectivity index (χ4v) is 2.44. The molecular formula is C20H15ClF2N4O. The van der Waals surface area contributed by atoms with Crippen molar-refractivity contribution in [2.24, 2.45) is 4.99 Å². The molecule has 0 aliphatic carbocycles. The van der Waals surface area contributed by atoms with Gasteiger partial charge in [-0.15, -0.1) is 0 Å². The number of hydrogen-bond donors (Lipinski definition) is 2. The van der Waals surface area contributed by atoms with Crippen molar-refractivity contribution in [1.29, 1.82) is 0 Å². The molecule has 0 atom stereocenters. The number of anilines is 1. The van der Waals surface area contributed by atoms with Crippen LogP contribution in [0.2, 0.25) is 5.02 Å². The SMILES string of the molecule is O=C(NC(=NCc1cccnc1)Nc1ccc(F)c(Cl)c1)c1ccc(F)cc1. The molecule has 3 aromatic rings. The minimum atomic E-state index is -0.559. The molecular weight excluding hydrogens is 386 g/mol. The summed E-state index contributed by atoms with van der Waals surface area (Å²) in [5, 5.41) is 5.46. The molecule has 1 heterocycles. The number of benzene rings is 2. The van der Waals surface area contributed by atoms with Gasteiger partial charge in [-0.05, 0) is 54.1 Å². The van der Waals surface area contributed by atoms with Gasteiger partial charge in [0.05, 0.1) is 11.6 Å². The predicted octanol–water partition coefficient (Wildman–Crippen LogP) is 4.41. The lowest BCUT2D eigenvalue weighted by Gasteiger charge is -2.12. The third-order valence-corrected chi connectivity index (χ3v) is 3.95. The normalized spacial score (nSPS) is 11.2. The van der Waals surface area contributed by atoms with Gasteiger partial charge in [0.25, 0.3) is 5.91 Å². The molecule has 0 saturated heterocycles. The number of carbonyl (C=O) groups excluding carboxylic acids is 1. The Labute approximate surface area is 165 Å². The summed E-state index contributed by atoms with van der Waals surface area (Å²) in [4.78, 5) is 20.8. The third kappa shape index (κ3) is 5.34. The summed E-state index contributed by atoms with van der Waals surface area (Å²) < 4.78 is 26.4. The van der Waals surface area contributed by atoms with Crippen molar-refractivity contribution in [3.63, 3.8) is 0 Å². The Balaban J connectivity index is 1.81. The number of nitrogens with one attached hydrogen (secondary N) is 2. The summed E-state index contributed by atoms with van der Waals surface area (Å²) in [5.74, 6) is -1.36. The molecule has 0 aliphatic heterocycles. The lowest BCUT2D eigenvalue weighted by atomic mass is 10.2. The molecule has 0 fully saturated rings. The highest BCUT2D eigenvalue weighted by Crippen LogP contribution is 2.19. The summed E-state index contributed by atoms with van der Waals surface area (Å²) in [5.41, 5.74) is 1.53. The zero-order valence-electron chi connectivity index (χ0n) is 14.5. The topological polar surface area (TPSA) is 66.4 Å². The Morgan fingerprint density at radius 3 is 2.57 bits per heavy atom. The molecule has 0 spiro atoms. The number of aromatic nitrogens is 1. The van der Waals surface area contributed by atoms with Crippen LogP contribution in [-0.2, 0) is 6.54 Å². The molecule has 0 bridgehead atoms. The Morgan fingerprint density at radius 2 is 1.89 bits per heavy atom. The van der Waals surface area contributed by atoms with E-state index >= 15 is 0 Å². The van der Waals surface area contributed by atoms with Crippen molar-refractivity contribution < 1.29 is 13.6 Å². The maximum atomic E-state index is 13.4. The predicted molar refractivity (Wildman–Crippen MR) is 104 cm³/mol. The van der Waals surface area contributed by atoms with Crippen LogP contribution >= 0.6 is 11.6 Å². The monoisotopic (exact) mass is 400 g/mol. The average molecular weight is 401 g/mol. The molecule has 0 saturated carbocycles. The van der Waals surface area contributed by atoms with Gasteiger partial charge in [0.2, 0.25) is 5.96 Å². The highest BCUT2D eigenvalue weighted by Gasteiger charge is 2.11. The molecule has 0 unspecified atom stereocenters. The minimum absolute atomic E-state index is 0.0681. The second kappa shape index (κ2) is 9.05. The van der Waals surface area contributed by atoms with Crippen LogP contribution in [0, 0.1) is 11.6 Å². The van der Waals surface area contributed by atoms with E-state index in [4.69, 9.17) is 11.6 Å². The van der Waals surface area contributed by atoms with E-state index in [1.165, 1.54) is 42.5 Å². The third-order valence-electron chi connectivity index (χ3n) is 3.66. The van der Waals surface area contributed by atoms with E-state index in [0.29, 0.717) is 5.69 Å². The Bertz CT molecular complexity index is 995. The van der Waals surface area contributed by atoms with Crippen molar-refractivity contribution in [1.82, 2.24) is 10.3 Å². The van der Waals surface area contributed by atoms with E-state index in [9.17, 15) is 13.6 Å². The Morgan fingerprint density at radius 1 is 1.11 bits per heavy atom. The summed E-state index contributed by atoms with van der Waals surface area (Å²) in [7, 11) is 0. The minimum Gasteiger partial charge on any atom is -0.326 e. The second-order valence-electron chi connectivity index (χ2n) is 5.74. The van der Waals surface area contributed by atoms with Crippen molar-refractivity contribution in [3.8, 4) is 0 Å². The van der Waals surface area contributed by atoms with Crippen LogP contribution < -0.4 is 10.6 Å². The summed E-state index contributed by atoms with van der Waals surface area (Å²) >= 11 is 5.80. The molecule has 1 amide bonds. The first kappa shape index (κ1) is 19.4. The van der Waals surface area contributed by atoms with Crippen LogP contribution in [0.4, 0.5) is 14.5 Å². The highest BCUT2D eigenvalue weighted by molar-refractivity contribution is 6.31. The molecule has 1 aromatic heterocycles. The number of nitrogens with zero attached hydrogens (tertiary/aromatic N) is 2. The molecule has 0 aliphatic rings. The zero-order valence-corrected chi connectivity index (χ0v) is 15.3. The lowest BCUT2D eigenvalue weighted by molar-refractivity contribution is 0.0977. The van der Waals surface area contributed by atoms with E-state index in [0.717, 1.165) is 5.56 Å². The van der Waals surface area contributed by atoms with E-state index in [1.807, 2.05) is 6.07 Å². The van der Waals surface area contributed by atoms with Gasteiger partial charge in [-0.2, -0.15) is 0 Å². The highest BCUT2D eigenvalue weighted by atomic mass is 35.5. The van der Waals surface area contributed by atoms with Crippen LogP contribution in [0.25, 0.3) is 0 Å². The largest absolute Gasteiger partial charge is 0.326 e. The van der Waals surface area contributed by atoms with Crippen molar-refractivity contribution in [2.75, 3.05) is 5.32 Å². The molecule has 2 aromatic carbocycles. The number of aliphatic imine (C=N–C) groups is 1. The molecule has 28 heavy (non-hydrogen) atoms. The Kier molecular flexibility index (Phi) is 6.29. The first-order valence-corrected chi connectivity index (χ1v) is 8.61. The van der Waals surface area contributed by atoms with Crippen molar-refractivity contribution in [3.05, 3.63) is 94.8 Å². The standard InChI is InChI=1S/C20H15ClF2N4O/c21-17-10-16(7-8-18(17)23)26-20(25-12-13-2-1-9-24-11-13)27-19(28)14-3-5-15(22)6-4-14/h1-11H,12H2,(H2,25,26,27,28). The van der Waals surface area contributed by atoms with Gasteiger partial charge >= 0.3 is 0 Å². The second-order valence-corrected chi connectivity index (χ2v) is 6.15. The number of carbonyl (C=O) groups is 1. The fourth-order valence-electron chi connectivity index (χ4n) is 2.26. The number of hydrogen-bond acceptors (Lipinski definition) is 3. The summed E-state index contributed by atoms with van der Waals surface area (Å²) in [6, 6.07) is 12.7. The Hall–Kier alpha value is -3.32. The fraction of sp³-hybridized carbons (Fsp3) is 0.0500.